The van der Waals surface area contributed by atoms with Gasteiger partial charge in [-0.1, -0.05) is 91.5 Å². The molecular formula is C28H26F2N2. The van der Waals surface area contributed by atoms with Crippen molar-refractivity contribution in [3.8, 4) is 0 Å². The fourth-order valence-corrected chi connectivity index (χ4v) is 3.99. The highest BCUT2D eigenvalue weighted by Gasteiger charge is 2.28. The van der Waals surface area contributed by atoms with Gasteiger partial charge in [-0.05, 0) is 24.5 Å². The van der Waals surface area contributed by atoms with Gasteiger partial charge in [-0.25, -0.2) is 13.8 Å². The van der Waals surface area contributed by atoms with E-state index in [0.29, 0.717) is 6.54 Å². The van der Waals surface area contributed by atoms with Crippen LogP contribution in [0.2, 0.25) is 0 Å². The zero-order valence-electron chi connectivity index (χ0n) is 18.4. The lowest BCUT2D eigenvalue weighted by Crippen LogP contribution is -2.35. The average molecular weight is 429 g/mol. The van der Waals surface area contributed by atoms with Gasteiger partial charge in [-0.2, -0.15) is 0 Å². The van der Waals surface area contributed by atoms with Gasteiger partial charge >= 0.3 is 0 Å². The van der Waals surface area contributed by atoms with Crippen LogP contribution >= 0.6 is 0 Å². The van der Waals surface area contributed by atoms with Crippen molar-refractivity contribution in [1.29, 1.82) is 0 Å². The van der Waals surface area contributed by atoms with E-state index in [9.17, 15) is 8.78 Å². The molecule has 4 heteroatoms. The molecule has 2 nitrogen and oxygen atoms in total. The molecule has 1 heterocycles. The Hall–Kier alpha value is -3.53. The Kier molecular flexibility index (Phi) is 6.04. The van der Waals surface area contributed by atoms with Crippen LogP contribution in [0.4, 0.5) is 8.78 Å². The molecule has 0 unspecified atom stereocenters. The topological polar surface area (TPSA) is 15.6 Å². The summed E-state index contributed by atoms with van der Waals surface area (Å²) in [5.41, 5.74) is 5.60. The van der Waals surface area contributed by atoms with E-state index in [4.69, 9.17) is 4.99 Å². The summed E-state index contributed by atoms with van der Waals surface area (Å²) in [6.07, 6.45) is 0.832. The third-order valence-electron chi connectivity index (χ3n) is 5.68. The summed E-state index contributed by atoms with van der Waals surface area (Å²) >= 11 is 0. The third-order valence-corrected chi connectivity index (χ3v) is 5.68. The third kappa shape index (κ3) is 4.54. The first-order valence-corrected chi connectivity index (χ1v) is 10.7. The molecule has 0 aliphatic carbocycles. The number of allylic oxidation sites excluding steroid dienone is 2. The number of rotatable bonds is 6. The molecule has 0 saturated carbocycles. The summed E-state index contributed by atoms with van der Waals surface area (Å²) < 4.78 is 27.4. The summed E-state index contributed by atoms with van der Waals surface area (Å²) in [6, 6.07) is 26.8. The minimum absolute atomic E-state index is 0.00432. The summed E-state index contributed by atoms with van der Waals surface area (Å²) in [5, 5.41) is 0. The highest BCUT2D eigenvalue weighted by Crippen LogP contribution is 2.36. The molecule has 32 heavy (non-hydrogen) atoms. The Labute approximate surface area is 188 Å². The van der Waals surface area contributed by atoms with Gasteiger partial charge in [-0.3, -0.25) is 0 Å². The van der Waals surface area contributed by atoms with Gasteiger partial charge in [0.15, 0.2) is 0 Å². The van der Waals surface area contributed by atoms with Gasteiger partial charge in [0.2, 0.25) is 0 Å². The second kappa shape index (κ2) is 8.91. The van der Waals surface area contributed by atoms with Crippen LogP contribution in [0.3, 0.4) is 0 Å². The van der Waals surface area contributed by atoms with Crippen molar-refractivity contribution < 1.29 is 8.78 Å². The van der Waals surface area contributed by atoms with E-state index in [1.54, 1.807) is 12.1 Å². The number of aliphatic imine (C=N–C) groups is 1. The van der Waals surface area contributed by atoms with Gasteiger partial charge in [0.25, 0.3) is 5.92 Å². The van der Waals surface area contributed by atoms with Crippen molar-refractivity contribution in [2.24, 2.45) is 4.99 Å². The molecule has 0 saturated heterocycles. The quantitative estimate of drug-likeness (QED) is 0.411. The Bertz CT molecular complexity index is 1160. The Morgan fingerprint density at radius 3 is 2.03 bits per heavy atom. The maximum atomic E-state index is 13.7. The second-order valence-corrected chi connectivity index (χ2v) is 8.06. The molecule has 0 atom stereocenters. The highest BCUT2D eigenvalue weighted by atomic mass is 19.3. The van der Waals surface area contributed by atoms with E-state index in [0.717, 1.165) is 47.3 Å². The molecule has 1 aliphatic rings. The normalized spacial score (nSPS) is 14.6. The summed E-state index contributed by atoms with van der Waals surface area (Å²) in [7, 11) is 0. The van der Waals surface area contributed by atoms with Crippen molar-refractivity contribution in [3.63, 3.8) is 0 Å². The van der Waals surface area contributed by atoms with Gasteiger partial charge in [0.1, 0.15) is 5.84 Å². The van der Waals surface area contributed by atoms with Crippen LogP contribution in [0.25, 0.3) is 5.57 Å². The molecule has 0 aromatic heterocycles. The summed E-state index contributed by atoms with van der Waals surface area (Å²) in [5.74, 6) is -2.02. The number of amidine groups is 1. The summed E-state index contributed by atoms with van der Waals surface area (Å²) in [4.78, 5) is 7.07. The summed E-state index contributed by atoms with van der Waals surface area (Å²) in [6.45, 7) is 7.96. The number of alkyl halides is 2. The zero-order valence-corrected chi connectivity index (χ0v) is 18.4. The van der Waals surface area contributed by atoms with Crippen LogP contribution in [0.5, 0.6) is 0 Å². The standard InChI is InChI=1S/C28H26F2N2/c1-20-26(23-14-16-25(17-15-23)28(3,29)30)21(2)32(19-18-22-10-6-4-7-11-22)27(31-20)24-12-8-5-9-13-24/h4-17H,2,18-19H2,1,3H3. The molecule has 1 aliphatic heterocycles. The van der Waals surface area contributed by atoms with E-state index in [1.807, 2.05) is 55.5 Å². The molecule has 0 amide bonds. The number of nitrogens with zero attached hydrogens (tertiary/aromatic N) is 2. The first-order valence-electron chi connectivity index (χ1n) is 10.7. The smallest absolute Gasteiger partial charge is 0.270 e. The maximum Gasteiger partial charge on any atom is 0.270 e. The van der Waals surface area contributed by atoms with Crippen molar-refractivity contribution in [2.75, 3.05) is 6.54 Å². The van der Waals surface area contributed by atoms with Crippen molar-refractivity contribution in [1.82, 2.24) is 4.90 Å². The lowest BCUT2D eigenvalue weighted by Gasteiger charge is -2.34. The Morgan fingerprint density at radius 2 is 1.44 bits per heavy atom. The number of benzene rings is 3. The van der Waals surface area contributed by atoms with Gasteiger partial charge in [0, 0.05) is 41.6 Å². The van der Waals surface area contributed by atoms with Crippen molar-refractivity contribution in [3.05, 3.63) is 125 Å². The van der Waals surface area contributed by atoms with Crippen molar-refractivity contribution in [2.45, 2.75) is 26.2 Å². The van der Waals surface area contributed by atoms with E-state index < -0.39 is 5.92 Å². The van der Waals surface area contributed by atoms with E-state index >= 15 is 0 Å². The van der Waals surface area contributed by atoms with E-state index in [-0.39, 0.29) is 5.56 Å². The lowest BCUT2D eigenvalue weighted by molar-refractivity contribution is 0.0175. The Balaban J connectivity index is 1.72. The minimum Gasteiger partial charge on any atom is -0.325 e. The SMILES string of the molecule is C=C1C(c2ccc(C(C)(F)F)cc2)=C(C)N=C(c2ccccc2)N1CCc1ccccc1. The van der Waals surface area contributed by atoms with Gasteiger partial charge < -0.3 is 4.90 Å². The fraction of sp³-hybridized carbons (Fsp3) is 0.179. The lowest BCUT2D eigenvalue weighted by atomic mass is 9.95. The molecule has 0 fully saturated rings. The fourth-order valence-electron chi connectivity index (χ4n) is 3.99. The monoisotopic (exact) mass is 428 g/mol. The predicted molar refractivity (Wildman–Crippen MR) is 128 cm³/mol. The van der Waals surface area contributed by atoms with Crippen molar-refractivity contribution >= 4 is 11.4 Å². The molecular weight excluding hydrogens is 402 g/mol. The van der Waals surface area contributed by atoms with Crippen LogP contribution in [-0.4, -0.2) is 17.3 Å². The number of hydrogen-bond donors (Lipinski definition) is 0. The number of halogens is 2. The highest BCUT2D eigenvalue weighted by molar-refractivity contribution is 6.05. The predicted octanol–water partition coefficient (Wildman–Crippen LogP) is 7.05. The molecule has 3 aromatic rings. The molecule has 0 N–H and O–H groups in total. The maximum absolute atomic E-state index is 13.7. The molecule has 4 rings (SSSR count). The Morgan fingerprint density at radius 1 is 0.844 bits per heavy atom. The average Bonchev–Trinajstić information content (AvgIpc) is 2.79. The molecule has 0 spiro atoms. The zero-order chi connectivity index (χ0) is 22.7. The van der Waals surface area contributed by atoms with Crippen LogP contribution < -0.4 is 0 Å². The largest absolute Gasteiger partial charge is 0.325 e. The number of hydrogen-bond acceptors (Lipinski definition) is 2. The molecule has 3 aromatic carbocycles. The molecule has 162 valence electrons. The minimum atomic E-state index is -2.87. The van der Waals surface area contributed by atoms with Crippen LogP contribution in [0.1, 0.15) is 36.1 Å². The molecule has 0 bridgehead atoms. The van der Waals surface area contributed by atoms with Gasteiger partial charge in [0.05, 0.1) is 0 Å². The van der Waals surface area contributed by atoms with Crippen LogP contribution in [-0.2, 0) is 12.3 Å². The van der Waals surface area contributed by atoms with E-state index in [1.165, 1.54) is 17.7 Å². The van der Waals surface area contributed by atoms with Gasteiger partial charge in [-0.15, -0.1) is 0 Å². The first-order chi connectivity index (χ1) is 15.3. The second-order valence-electron chi connectivity index (χ2n) is 8.06. The molecule has 0 radical (unpaired) electrons. The first kappa shape index (κ1) is 21.7. The van der Waals surface area contributed by atoms with Crippen LogP contribution in [0, 0.1) is 0 Å². The van der Waals surface area contributed by atoms with E-state index in [2.05, 4.69) is 23.6 Å². The van der Waals surface area contributed by atoms with Crippen LogP contribution in [0.15, 0.2) is 108 Å².